The van der Waals surface area contributed by atoms with Crippen LogP contribution in [0.5, 0.6) is 0 Å². The van der Waals surface area contributed by atoms with Crippen molar-refractivity contribution in [2.75, 3.05) is 6.61 Å². The lowest BCUT2D eigenvalue weighted by Crippen LogP contribution is -2.34. The van der Waals surface area contributed by atoms with Gasteiger partial charge in [-0.25, -0.2) is 0 Å². The van der Waals surface area contributed by atoms with Crippen molar-refractivity contribution in [3.05, 3.63) is 35.4 Å². The molecular weight excluding hydrogens is 294 g/mol. The number of hydrogen-bond acceptors (Lipinski definition) is 4. The first-order valence-electron chi connectivity index (χ1n) is 7.80. The molecule has 0 heterocycles. The molecule has 0 aliphatic heterocycles. The number of ether oxygens (including phenoxy) is 1. The Morgan fingerprint density at radius 1 is 1.17 bits per heavy atom. The van der Waals surface area contributed by atoms with Crippen molar-refractivity contribution < 1.29 is 19.1 Å². The van der Waals surface area contributed by atoms with Gasteiger partial charge >= 0.3 is 5.97 Å². The van der Waals surface area contributed by atoms with Gasteiger partial charge in [-0.15, -0.1) is 0 Å². The predicted octanol–water partition coefficient (Wildman–Crippen LogP) is 2.44. The van der Waals surface area contributed by atoms with Crippen LogP contribution in [0, 0.1) is 11.8 Å². The Morgan fingerprint density at radius 3 is 2.22 bits per heavy atom. The molecule has 0 saturated heterocycles. The smallest absolute Gasteiger partial charge is 0.309 e. The van der Waals surface area contributed by atoms with Gasteiger partial charge in [0.25, 0.3) is 11.8 Å². The average Bonchev–Trinajstić information content (AvgIpc) is 3.21. The molecule has 1 aromatic carbocycles. The van der Waals surface area contributed by atoms with Crippen molar-refractivity contribution in [1.29, 1.82) is 0 Å². The predicted molar refractivity (Wildman–Crippen MR) is 85.8 cm³/mol. The number of carbonyl (C=O) groups excluding carboxylic acids is 3. The Labute approximate surface area is 136 Å². The van der Waals surface area contributed by atoms with Gasteiger partial charge in [-0.1, -0.05) is 39.8 Å². The number of rotatable bonds is 4. The maximum Gasteiger partial charge on any atom is 0.309 e. The molecule has 5 nitrogen and oxygen atoms in total. The molecule has 0 bridgehead atoms. The number of imide groups is 1. The zero-order valence-electron chi connectivity index (χ0n) is 14.0. The Morgan fingerprint density at radius 2 is 1.74 bits per heavy atom. The molecule has 2 amide bonds. The normalized spacial score (nSPS) is 19.8. The zero-order valence-corrected chi connectivity index (χ0v) is 14.0. The minimum absolute atomic E-state index is 0.00102. The van der Waals surface area contributed by atoms with Gasteiger partial charge < -0.3 is 4.74 Å². The minimum atomic E-state index is -0.614. The van der Waals surface area contributed by atoms with E-state index in [2.05, 4.69) is 26.1 Å². The number of hydrogen-bond donors (Lipinski definition) is 1. The minimum Gasteiger partial charge on any atom is -0.455 e. The highest BCUT2D eigenvalue weighted by molar-refractivity contribution is 6.05. The first-order chi connectivity index (χ1) is 10.7. The Balaban J connectivity index is 1.83. The lowest BCUT2D eigenvalue weighted by Gasteiger charge is -2.18. The van der Waals surface area contributed by atoms with Crippen LogP contribution in [0.25, 0.3) is 0 Å². The summed E-state index contributed by atoms with van der Waals surface area (Å²) in [4.78, 5) is 35.2. The highest BCUT2D eigenvalue weighted by Crippen LogP contribution is 2.38. The van der Waals surface area contributed by atoms with Gasteiger partial charge in [-0.3, -0.25) is 19.7 Å². The summed E-state index contributed by atoms with van der Waals surface area (Å²) < 4.78 is 4.90. The summed E-state index contributed by atoms with van der Waals surface area (Å²) in [5, 5.41) is 2.23. The second-order valence-corrected chi connectivity index (χ2v) is 7.13. The van der Waals surface area contributed by atoms with Gasteiger partial charge in [-0.05, 0) is 35.4 Å². The topological polar surface area (TPSA) is 72.5 Å². The molecule has 0 aromatic heterocycles. The second-order valence-electron chi connectivity index (χ2n) is 7.13. The van der Waals surface area contributed by atoms with Gasteiger partial charge in [0.05, 0.1) is 5.92 Å². The largest absolute Gasteiger partial charge is 0.455 e. The van der Waals surface area contributed by atoms with E-state index in [4.69, 9.17) is 4.74 Å². The second kappa shape index (κ2) is 6.52. The zero-order chi connectivity index (χ0) is 17.2. The number of nitrogens with one attached hydrogen (secondary N) is 1. The summed E-state index contributed by atoms with van der Waals surface area (Å²) in [7, 11) is 0. The molecule has 5 heteroatoms. The molecule has 1 N–H and O–H groups in total. The molecule has 0 radical (unpaired) electrons. The standard InChI is InChI=1S/C18H23NO4/c1-11-9-14(11)17(22)23-10-15(20)19-16(21)12-5-7-13(8-6-12)18(2,3)4/h5-8,11,14H,9-10H2,1-4H3,(H,19,20,21)/t11-,14-/m0/s1. The maximum atomic E-state index is 12.0. The van der Waals surface area contributed by atoms with Crippen LogP contribution in [-0.2, 0) is 19.7 Å². The van der Waals surface area contributed by atoms with E-state index in [1.165, 1.54) is 0 Å². The van der Waals surface area contributed by atoms with Crippen LogP contribution in [-0.4, -0.2) is 24.4 Å². The number of amides is 2. The van der Waals surface area contributed by atoms with Gasteiger partial charge in [0.15, 0.2) is 6.61 Å². The number of carbonyl (C=O) groups is 3. The van der Waals surface area contributed by atoms with Crippen molar-refractivity contribution in [2.24, 2.45) is 11.8 Å². The van der Waals surface area contributed by atoms with Crippen LogP contribution >= 0.6 is 0 Å². The molecule has 2 rings (SSSR count). The molecular formula is C18H23NO4. The van der Waals surface area contributed by atoms with E-state index >= 15 is 0 Å². The van der Waals surface area contributed by atoms with Crippen LogP contribution in [0.3, 0.4) is 0 Å². The first kappa shape index (κ1) is 17.2. The highest BCUT2D eigenvalue weighted by Gasteiger charge is 2.40. The van der Waals surface area contributed by atoms with Crippen LogP contribution in [0.4, 0.5) is 0 Å². The maximum absolute atomic E-state index is 12.0. The summed E-state index contributed by atoms with van der Waals surface area (Å²) >= 11 is 0. The van der Waals surface area contributed by atoms with E-state index in [0.717, 1.165) is 12.0 Å². The van der Waals surface area contributed by atoms with E-state index in [1.54, 1.807) is 12.1 Å². The summed E-state index contributed by atoms with van der Waals surface area (Å²) in [6, 6.07) is 7.10. The summed E-state index contributed by atoms with van der Waals surface area (Å²) in [5.74, 6) is -1.24. The molecule has 124 valence electrons. The van der Waals surface area contributed by atoms with Crippen molar-refractivity contribution in [2.45, 2.75) is 39.5 Å². The summed E-state index contributed by atoms with van der Waals surface area (Å²) in [6.45, 7) is 7.78. The SMILES string of the molecule is C[C@H]1C[C@@H]1C(=O)OCC(=O)NC(=O)c1ccc(C(C)(C)C)cc1. The summed E-state index contributed by atoms with van der Waals surface area (Å²) in [5.41, 5.74) is 1.50. The van der Waals surface area contributed by atoms with Gasteiger partial charge in [0.1, 0.15) is 0 Å². The van der Waals surface area contributed by atoms with Crippen molar-refractivity contribution in [1.82, 2.24) is 5.32 Å². The van der Waals surface area contributed by atoms with E-state index in [0.29, 0.717) is 11.5 Å². The van der Waals surface area contributed by atoms with E-state index in [9.17, 15) is 14.4 Å². The monoisotopic (exact) mass is 317 g/mol. The molecule has 0 unspecified atom stereocenters. The fraction of sp³-hybridized carbons (Fsp3) is 0.500. The molecule has 1 aliphatic carbocycles. The molecule has 1 aromatic rings. The number of esters is 1. The quantitative estimate of drug-likeness (QED) is 0.866. The lowest BCUT2D eigenvalue weighted by molar-refractivity contribution is -0.149. The van der Waals surface area contributed by atoms with Crippen molar-refractivity contribution in [3.63, 3.8) is 0 Å². The van der Waals surface area contributed by atoms with Crippen molar-refractivity contribution >= 4 is 17.8 Å². The lowest BCUT2D eigenvalue weighted by atomic mass is 9.87. The van der Waals surface area contributed by atoms with Crippen LogP contribution in [0.1, 0.15) is 50.0 Å². The molecule has 1 saturated carbocycles. The fourth-order valence-corrected chi connectivity index (χ4v) is 2.25. The third-order valence-electron chi connectivity index (χ3n) is 4.02. The highest BCUT2D eigenvalue weighted by atomic mass is 16.5. The summed E-state index contributed by atoms with van der Waals surface area (Å²) in [6.07, 6.45) is 0.805. The Kier molecular flexibility index (Phi) is 4.88. The fourth-order valence-electron chi connectivity index (χ4n) is 2.25. The average molecular weight is 317 g/mol. The van der Waals surface area contributed by atoms with Gasteiger partial charge in [0.2, 0.25) is 0 Å². The number of benzene rings is 1. The first-order valence-corrected chi connectivity index (χ1v) is 7.80. The van der Waals surface area contributed by atoms with Crippen molar-refractivity contribution in [3.8, 4) is 0 Å². The van der Waals surface area contributed by atoms with Gasteiger partial charge in [-0.2, -0.15) is 0 Å². The van der Waals surface area contributed by atoms with Crippen LogP contribution in [0.15, 0.2) is 24.3 Å². The molecule has 1 fully saturated rings. The third-order valence-corrected chi connectivity index (χ3v) is 4.02. The third kappa shape index (κ3) is 4.65. The van der Waals surface area contributed by atoms with Crippen LogP contribution < -0.4 is 5.32 Å². The van der Waals surface area contributed by atoms with Gasteiger partial charge in [0, 0.05) is 5.56 Å². The van der Waals surface area contributed by atoms with E-state index < -0.39 is 18.4 Å². The van der Waals surface area contributed by atoms with Crippen LogP contribution in [0.2, 0.25) is 0 Å². The van der Waals surface area contributed by atoms with E-state index in [-0.39, 0.29) is 17.3 Å². The molecule has 0 spiro atoms. The Hall–Kier alpha value is -2.17. The van der Waals surface area contributed by atoms with E-state index in [1.807, 2.05) is 19.1 Å². The molecule has 1 aliphatic rings. The molecule has 2 atom stereocenters. The molecule has 23 heavy (non-hydrogen) atoms. The Bertz CT molecular complexity index is 613.